The number of nitrogen functional groups attached to an aromatic ring is 1. The van der Waals surface area contributed by atoms with Gasteiger partial charge in [-0.25, -0.2) is 14.3 Å². The smallest absolute Gasteiger partial charge is 0.347 e. The molecule has 2 aromatic heterocycles. The maximum Gasteiger partial charge on any atom is 0.347 e. The summed E-state index contributed by atoms with van der Waals surface area (Å²) < 4.78 is 1.68. The average molecular weight is 667 g/mol. The molecule has 0 spiro atoms. The van der Waals surface area contributed by atoms with E-state index >= 15 is 0 Å². The van der Waals surface area contributed by atoms with E-state index < -0.39 is 47.0 Å². The molecule has 0 aliphatic carbocycles. The number of aromatic nitrogens is 2. The molecular weight excluding hydrogens is 640 g/mol. The van der Waals surface area contributed by atoms with E-state index in [9.17, 15) is 29.1 Å². The summed E-state index contributed by atoms with van der Waals surface area (Å²) in [6.07, 6.45) is 2.67. The molecule has 3 amide bonds. The lowest BCUT2D eigenvalue weighted by Gasteiger charge is -2.50. The molecule has 2 aliphatic rings. The molecule has 4 rings (SSSR count). The number of pyridine rings is 1. The van der Waals surface area contributed by atoms with Crippen LogP contribution >= 0.6 is 34.7 Å². The molecule has 2 aliphatic heterocycles. The van der Waals surface area contributed by atoms with Crippen molar-refractivity contribution < 1.29 is 43.6 Å². The number of nitrogens with two attached hydrogens (primary N) is 1. The molecule has 0 unspecified atom stereocenters. The summed E-state index contributed by atoms with van der Waals surface area (Å²) in [5.74, 6) is -4.37. The first-order chi connectivity index (χ1) is 21.0. The average Bonchev–Trinajstić information content (AvgIpc) is 3.33. The van der Waals surface area contributed by atoms with E-state index in [4.69, 9.17) is 27.3 Å². The Morgan fingerprint density at radius 2 is 2.11 bits per heavy atom. The number of carbonyl (C=O) groups excluding carboxylic acids is 4. The van der Waals surface area contributed by atoms with E-state index in [1.165, 1.54) is 23.6 Å². The third kappa shape index (κ3) is 6.93. The van der Waals surface area contributed by atoms with Crippen LogP contribution in [0.1, 0.15) is 12.6 Å². The molecule has 2 aromatic rings. The van der Waals surface area contributed by atoms with Crippen molar-refractivity contribution in [2.75, 3.05) is 36.5 Å². The fraction of sp³-hybridized carbons (Fsp3) is 0.360. The molecule has 3 atom stereocenters. The summed E-state index contributed by atoms with van der Waals surface area (Å²) in [6.45, 7) is 2.37. The third-order valence-electron chi connectivity index (χ3n) is 6.53. The van der Waals surface area contributed by atoms with Gasteiger partial charge in [0.05, 0.1) is 17.4 Å². The first-order valence-electron chi connectivity index (χ1n) is 12.9. The Kier molecular flexibility index (Phi) is 10.4. The topological polar surface area (TPSA) is 224 Å². The zero-order valence-electron chi connectivity index (χ0n) is 23.3. The van der Waals surface area contributed by atoms with Gasteiger partial charge in [0.2, 0.25) is 12.5 Å². The van der Waals surface area contributed by atoms with Crippen LogP contribution in [0.4, 0.5) is 10.8 Å². The number of thiazole rings is 1. The minimum atomic E-state index is -1.55. The Labute approximate surface area is 263 Å². The minimum absolute atomic E-state index is 0.00384. The lowest BCUT2D eigenvalue weighted by molar-refractivity contribution is -0.689. The van der Waals surface area contributed by atoms with Crippen LogP contribution in [-0.4, -0.2) is 94.3 Å². The van der Waals surface area contributed by atoms with Gasteiger partial charge in [0.15, 0.2) is 29.8 Å². The maximum atomic E-state index is 13.2. The number of amides is 3. The van der Waals surface area contributed by atoms with Gasteiger partial charge in [-0.15, -0.1) is 11.8 Å². The van der Waals surface area contributed by atoms with E-state index in [2.05, 4.69) is 20.8 Å². The molecule has 19 heteroatoms. The number of halogens is 1. The monoisotopic (exact) mass is 666 g/mol. The predicted molar refractivity (Wildman–Crippen MR) is 157 cm³/mol. The van der Waals surface area contributed by atoms with Crippen LogP contribution in [0.25, 0.3) is 0 Å². The number of anilines is 2. The molecular formula is C25H27ClN8O8S2. The molecule has 0 radical (unpaired) electrons. The second kappa shape index (κ2) is 14.0. The number of carboxylic acid groups (broad SMARTS) is 2. The number of aliphatic carboxylic acids is 2. The molecule has 0 bridgehead atoms. The number of β-lactam (4-membered cyclic amide) rings is 1. The molecule has 1 fully saturated rings. The van der Waals surface area contributed by atoms with Crippen molar-refractivity contribution >= 4 is 81.4 Å². The Bertz CT molecular complexity index is 1530. The highest BCUT2D eigenvalue weighted by Crippen LogP contribution is 2.40. The number of fused-ring (bicyclic) bond motifs is 1. The summed E-state index contributed by atoms with van der Waals surface area (Å²) in [6, 6.07) is 2.27. The zero-order chi connectivity index (χ0) is 32.1. The van der Waals surface area contributed by atoms with Crippen molar-refractivity contribution in [1.82, 2.24) is 20.5 Å². The number of carboxylic acids is 2. The largest absolute Gasteiger partial charge is 0.543 e. The standard InChI is InChI=1S/C25H27ClN8O8S2/c1-12(23(38)39)42-31-16(15-19(26)44-25(27)30-15)20(36)29-17-21(37)34-18(24(40)41)13(10-43-22(17)34)9-32-6-3-14(4-7-32)33(11-35)8-5-28-2/h3-4,6-7,11-12,17,22,28H,5,8-10H2,1-2H3,(H4-,27,29,30,36,38,39,40,41)/b31-16-/t12-,17+,22+/m0/s1. The molecule has 5 N–H and O–H groups in total. The number of nitrogens with zero attached hydrogens (tertiary/aromatic N) is 5. The number of hydrogen-bond acceptors (Lipinski definition) is 13. The number of nitrogens with one attached hydrogen (secondary N) is 2. The summed E-state index contributed by atoms with van der Waals surface area (Å²) >= 11 is 8.21. The minimum Gasteiger partial charge on any atom is -0.543 e. The second-order valence-electron chi connectivity index (χ2n) is 9.43. The Hall–Kier alpha value is -4.26. The van der Waals surface area contributed by atoms with Gasteiger partial charge in [-0.1, -0.05) is 28.1 Å². The maximum absolute atomic E-state index is 13.2. The van der Waals surface area contributed by atoms with Gasteiger partial charge in [-0.2, -0.15) is 0 Å². The van der Waals surface area contributed by atoms with Gasteiger partial charge in [0, 0.05) is 36.5 Å². The van der Waals surface area contributed by atoms with Gasteiger partial charge in [0.25, 0.3) is 11.8 Å². The van der Waals surface area contributed by atoms with Crippen molar-refractivity contribution in [3.8, 4) is 0 Å². The molecule has 16 nitrogen and oxygen atoms in total. The Morgan fingerprint density at radius 3 is 2.68 bits per heavy atom. The Morgan fingerprint density at radius 1 is 1.41 bits per heavy atom. The van der Waals surface area contributed by atoms with Crippen LogP contribution in [0.2, 0.25) is 4.34 Å². The van der Waals surface area contributed by atoms with Crippen molar-refractivity contribution in [3.63, 3.8) is 0 Å². The summed E-state index contributed by atoms with van der Waals surface area (Å²) in [7, 11) is 1.78. The first kappa shape index (κ1) is 32.6. The highest BCUT2D eigenvalue weighted by atomic mass is 35.5. The zero-order valence-corrected chi connectivity index (χ0v) is 25.6. The number of likely N-dealkylation sites (N-methyl/N-ethyl adjacent to an activating group) is 1. The van der Waals surface area contributed by atoms with Gasteiger partial charge in [-0.05, 0) is 14.0 Å². The molecule has 44 heavy (non-hydrogen) atoms. The van der Waals surface area contributed by atoms with E-state index in [-0.39, 0.29) is 33.2 Å². The van der Waals surface area contributed by atoms with Crippen molar-refractivity contribution in [1.29, 1.82) is 0 Å². The van der Waals surface area contributed by atoms with Crippen LogP contribution in [0.5, 0.6) is 0 Å². The highest BCUT2D eigenvalue weighted by molar-refractivity contribution is 8.00. The number of oxime groups is 1. The van der Waals surface area contributed by atoms with Crippen LogP contribution in [0.3, 0.4) is 0 Å². The second-order valence-corrected chi connectivity index (χ2v) is 12.2. The van der Waals surface area contributed by atoms with Gasteiger partial charge >= 0.3 is 5.97 Å². The quantitative estimate of drug-likeness (QED) is 0.0573. The SMILES string of the molecule is CNCCN(C=O)c1cc[n+](CC2=C(C(=O)[O-])N3C(=O)[C@@H](NC(=O)/C(=N\O[C@@H](C)C(=O)O)c4nc(N)sc4Cl)[C@H]3SC2)cc1. The predicted octanol–water partition coefficient (Wildman–Crippen LogP) is -1.85. The summed E-state index contributed by atoms with van der Waals surface area (Å²) in [4.78, 5) is 72.6. The van der Waals surface area contributed by atoms with Crippen LogP contribution in [0, 0.1) is 0 Å². The number of thioether (sulfide) groups is 1. The lowest BCUT2D eigenvalue weighted by atomic mass is 10.0. The van der Waals surface area contributed by atoms with Gasteiger partial charge in [0.1, 0.15) is 21.4 Å². The summed E-state index contributed by atoms with van der Waals surface area (Å²) in [5.41, 5.74) is 5.75. The van der Waals surface area contributed by atoms with E-state index in [0.29, 0.717) is 24.4 Å². The van der Waals surface area contributed by atoms with Crippen LogP contribution < -0.4 is 30.9 Å². The van der Waals surface area contributed by atoms with Crippen molar-refractivity contribution in [2.45, 2.75) is 31.0 Å². The fourth-order valence-electron chi connectivity index (χ4n) is 4.28. The van der Waals surface area contributed by atoms with E-state index in [0.717, 1.165) is 22.6 Å². The van der Waals surface area contributed by atoms with Gasteiger partial charge in [-0.3, -0.25) is 19.3 Å². The van der Waals surface area contributed by atoms with Crippen LogP contribution in [0.15, 0.2) is 41.0 Å². The molecule has 234 valence electrons. The normalized spacial score (nSPS) is 18.7. The molecule has 4 heterocycles. The lowest BCUT2D eigenvalue weighted by Crippen LogP contribution is -2.71. The van der Waals surface area contributed by atoms with Gasteiger partial charge < -0.3 is 41.1 Å². The highest BCUT2D eigenvalue weighted by Gasteiger charge is 2.53. The molecule has 0 aromatic carbocycles. The summed E-state index contributed by atoms with van der Waals surface area (Å²) in [5, 5.41) is 29.6. The fourth-order valence-corrected chi connectivity index (χ4v) is 6.54. The number of carbonyl (C=O) groups is 5. The number of rotatable bonds is 14. The van der Waals surface area contributed by atoms with Crippen molar-refractivity contribution in [2.24, 2.45) is 5.16 Å². The third-order valence-corrected chi connectivity index (χ3v) is 8.95. The molecule has 1 saturated heterocycles. The van der Waals surface area contributed by atoms with Crippen molar-refractivity contribution in [3.05, 3.63) is 45.8 Å². The number of hydrogen-bond donors (Lipinski definition) is 4. The first-order valence-corrected chi connectivity index (χ1v) is 15.1. The van der Waals surface area contributed by atoms with E-state index in [1.54, 1.807) is 36.1 Å². The van der Waals surface area contributed by atoms with Crippen LogP contribution in [-0.2, 0) is 35.4 Å². The molecule has 0 saturated carbocycles. The van der Waals surface area contributed by atoms with E-state index in [1.807, 2.05) is 0 Å². The Balaban J connectivity index is 1.51.